The highest BCUT2D eigenvalue weighted by Crippen LogP contribution is 2.16. The molecule has 0 spiro atoms. The summed E-state index contributed by atoms with van der Waals surface area (Å²) < 4.78 is 18.6. The van der Waals surface area contributed by atoms with E-state index in [0.717, 1.165) is 25.1 Å². The van der Waals surface area contributed by atoms with Crippen LogP contribution in [-0.2, 0) is 4.74 Å². The highest BCUT2D eigenvalue weighted by atomic mass is 19.1. The summed E-state index contributed by atoms with van der Waals surface area (Å²) in [6, 6.07) is 5.06. The summed E-state index contributed by atoms with van der Waals surface area (Å²) in [6.45, 7) is 6.09. The second-order valence-corrected chi connectivity index (χ2v) is 3.81. The van der Waals surface area contributed by atoms with Crippen LogP contribution in [0.3, 0.4) is 0 Å². The van der Waals surface area contributed by atoms with E-state index < -0.39 is 0 Å². The average Bonchev–Trinajstić information content (AvgIpc) is 2.29. The lowest BCUT2D eigenvalue weighted by atomic mass is 10.2. The van der Waals surface area contributed by atoms with Gasteiger partial charge in [0.15, 0.2) is 0 Å². The molecule has 0 aliphatic heterocycles. The molecule has 2 nitrogen and oxygen atoms in total. The zero-order valence-corrected chi connectivity index (χ0v) is 10.1. The smallest absolute Gasteiger partial charge is 0.128 e. The quantitative estimate of drug-likeness (QED) is 0.718. The minimum Gasteiger partial charge on any atom is -0.382 e. The summed E-state index contributed by atoms with van der Waals surface area (Å²) in [7, 11) is 0. The van der Waals surface area contributed by atoms with Crippen molar-refractivity contribution >= 4 is 5.69 Å². The first-order chi connectivity index (χ1) is 7.75. The summed E-state index contributed by atoms with van der Waals surface area (Å²) >= 11 is 0. The molecule has 0 amide bonds. The van der Waals surface area contributed by atoms with Gasteiger partial charge >= 0.3 is 0 Å². The van der Waals surface area contributed by atoms with Crippen LogP contribution in [-0.4, -0.2) is 19.8 Å². The number of ether oxygens (including phenoxy) is 1. The van der Waals surface area contributed by atoms with Crippen LogP contribution >= 0.6 is 0 Å². The third kappa shape index (κ3) is 4.19. The van der Waals surface area contributed by atoms with Gasteiger partial charge in [-0.2, -0.15) is 0 Å². The molecule has 0 radical (unpaired) electrons. The van der Waals surface area contributed by atoms with Crippen LogP contribution in [0.1, 0.15) is 25.3 Å². The Morgan fingerprint density at radius 3 is 2.88 bits per heavy atom. The maximum Gasteiger partial charge on any atom is 0.128 e. The van der Waals surface area contributed by atoms with E-state index in [1.807, 2.05) is 6.07 Å². The topological polar surface area (TPSA) is 21.3 Å². The molecule has 0 aliphatic carbocycles. The predicted molar refractivity (Wildman–Crippen MR) is 65.4 cm³/mol. The van der Waals surface area contributed by atoms with E-state index in [-0.39, 0.29) is 5.82 Å². The van der Waals surface area contributed by atoms with E-state index in [0.29, 0.717) is 18.7 Å². The van der Waals surface area contributed by atoms with Gasteiger partial charge in [-0.25, -0.2) is 4.39 Å². The normalized spacial score (nSPS) is 10.4. The van der Waals surface area contributed by atoms with Crippen LogP contribution in [0.5, 0.6) is 0 Å². The van der Waals surface area contributed by atoms with Gasteiger partial charge in [-0.1, -0.05) is 19.4 Å². The third-order valence-corrected chi connectivity index (χ3v) is 2.47. The number of rotatable bonds is 7. The maximum absolute atomic E-state index is 13.2. The summed E-state index contributed by atoms with van der Waals surface area (Å²) in [4.78, 5) is 0. The Bertz CT molecular complexity index is 315. The molecular formula is C13H20FNO. The van der Waals surface area contributed by atoms with E-state index in [1.54, 1.807) is 13.0 Å². The summed E-state index contributed by atoms with van der Waals surface area (Å²) in [5.41, 5.74) is 1.51. The lowest BCUT2D eigenvalue weighted by molar-refractivity contribution is 0.141. The van der Waals surface area contributed by atoms with Gasteiger partial charge in [0.1, 0.15) is 5.82 Å². The molecule has 0 heterocycles. The van der Waals surface area contributed by atoms with E-state index >= 15 is 0 Å². The van der Waals surface area contributed by atoms with Gasteiger partial charge in [0.25, 0.3) is 0 Å². The van der Waals surface area contributed by atoms with E-state index in [2.05, 4.69) is 12.2 Å². The molecule has 0 saturated carbocycles. The van der Waals surface area contributed by atoms with Gasteiger partial charge in [0.05, 0.1) is 6.61 Å². The molecule has 1 aromatic carbocycles. The number of hydrogen-bond acceptors (Lipinski definition) is 2. The van der Waals surface area contributed by atoms with Gasteiger partial charge < -0.3 is 10.1 Å². The van der Waals surface area contributed by atoms with Crippen molar-refractivity contribution in [1.82, 2.24) is 0 Å². The number of hydrogen-bond donors (Lipinski definition) is 1. The van der Waals surface area contributed by atoms with Gasteiger partial charge in [-0.3, -0.25) is 0 Å². The van der Waals surface area contributed by atoms with Crippen LogP contribution in [0.15, 0.2) is 18.2 Å². The Morgan fingerprint density at radius 1 is 1.31 bits per heavy atom. The second kappa shape index (κ2) is 7.23. The largest absolute Gasteiger partial charge is 0.382 e. The van der Waals surface area contributed by atoms with Crippen LogP contribution in [0.4, 0.5) is 10.1 Å². The molecule has 1 rings (SSSR count). The number of unbranched alkanes of at least 4 members (excludes halogenated alkanes) is 1. The Hall–Kier alpha value is -1.09. The average molecular weight is 225 g/mol. The lowest BCUT2D eigenvalue weighted by Gasteiger charge is -2.10. The minimum absolute atomic E-state index is 0.170. The standard InChI is InChI=1S/C13H20FNO/c1-3-4-9-16-10-8-15-13-7-5-6-12(14)11(13)2/h5-7,15H,3-4,8-10H2,1-2H3. The zero-order valence-electron chi connectivity index (χ0n) is 10.1. The van der Waals surface area contributed by atoms with Crippen molar-refractivity contribution in [3.8, 4) is 0 Å². The fourth-order valence-corrected chi connectivity index (χ4v) is 1.41. The fourth-order valence-electron chi connectivity index (χ4n) is 1.41. The molecule has 0 fully saturated rings. The first-order valence-corrected chi connectivity index (χ1v) is 5.82. The van der Waals surface area contributed by atoms with Crippen molar-refractivity contribution in [2.24, 2.45) is 0 Å². The van der Waals surface area contributed by atoms with E-state index in [1.165, 1.54) is 6.07 Å². The zero-order chi connectivity index (χ0) is 11.8. The molecular weight excluding hydrogens is 205 g/mol. The van der Waals surface area contributed by atoms with Crippen molar-refractivity contribution in [1.29, 1.82) is 0 Å². The highest BCUT2D eigenvalue weighted by molar-refractivity contribution is 5.50. The Balaban J connectivity index is 2.24. The van der Waals surface area contributed by atoms with Crippen molar-refractivity contribution in [2.75, 3.05) is 25.1 Å². The Kier molecular flexibility index (Phi) is 5.86. The fraction of sp³-hybridized carbons (Fsp3) is 0.538. The molecule has 0 saturated heterocycles. The maximum atomic E-state index is 13.2. The minimum atomic E-state index is -0.170. The number of anilines is 1. The molecule has 16 heavy (non-hydrogen) atoms. The second-order valence-electron chi connectivity index (χ2n) is 3.81. The van der Waals surface area contributed by atoms with E-state index in [4.69, 9.17) is 4.74 Å². The number of benzene rings is 1. The van der Waals surface area contributed by atoms with Gasteiger partial charge in [0.2, 0.25) is 0 Å². The number of halogens is 1. The molecule has 1 N–H and O–H groups in total. The highest BCUT2D eigenvalue weighted by Gasteiger charge is 2.01. The molecule has 1 aromatic rings. The van der Waals surface area contributed by atoms with Gasteiger partial charge in [-0.15, -0.1) is 0 Å². The molecule has 0 bridgehead atoms. The van der Waals surface area contributed by atoms with Gasteiger partial charge in [0, 0.05) is 24.4 Å². The SMILES string of the molecule is CCCCOCCNc1cccc(F)c1C. The van der Waals surface area contributed by atoms with Crippen LogP contribution in [0.25, 0.3) is 0 Å². The van der Waals surface area contributed by atoms with Crippen molar-refractivity contribution in [3.05, 3.63) is 29.6 Å². The van der Waals surface area contributed by atoms with Crippen molar-refractivity contribution in [2.45, 2.75) is 26.7 Å². The van der Waals surface area contributed by atoms with Gasteiger partial charge in [-0.05, 0) is 25.5 Å². The van der Waals surface area contributed by atoms with Crippen molar-refractivity contribution in [3.63, 3.8) is 0 Å². The summed E-state index contributed by atoms with van der Waals surface area (Å²) in [5, 5.41) is 3.17. The first kappa shape index (κ1) is 13.0. The summed E-state index contributed by atoms with van der Waals surface area (Å²) in [5.74, 6) is -0.170. The molecule has 0 atom stereocenters. The first-order valence-electron chi connectivity index (χ1n) is 5.82. The molecule has 0 unspecified atom stereocenters. The molecule has 0 aromatic heterocycles. The summed E-state index contributed by atoms with van der Waals surface area (Å²) in [6.07, 6.45) is 2.25. The molecule has 3 heteroatoms. The van der Waals surface area contributed by atoms with Crippen LogP contribution < -0.4 is 5.32 Å². The Labute approximate surface area is 96.8 Å². The monoisotopic (exact) mass is 225 g/mol. The Morgan fingerprint density at radius 2 is 2.12 bits per heavy atom. The lowest BCUT2D eigenvalue weighted by Crippen LogP contribution is -2.11. The third-order valence-electron chi connectivity index (χ3n) is 2.47. The van der Waals surface area contributed by atoms with E-state index in [9.17, 15) is 4.39 Å². The number of nitrogens with one attached hydrogen (secondary N) is 1. The predicted octanol–water partition coefficient (Wildman–Crippen LogP) is 3.36. The van der Waals surface area contributed by atoms with Crippen LogP contribution in [0, 0.1) is 12.7 Å². The molecule has 0 aliphatic rings. The molecule has 90 valence electrons. The van der Waals surface area contributed by atoms with Crippen molar-refractivity contribution < 1.29 is 9.13 Å². The van der Waals surface area contributed by atoms with Crippen LogP contribution in [0.2, 0.25) is 0 Å².